The number of hydrogen-bond acceptors (Lipinski definition) is 2. The van der Waals surface area contributed by atoms with Gasteiger partial charge in [-0.25, -0.2) is 0 Å². The van der Waals surface area contributed by atoms with Gasteiger partial charge in [-0.15, -0.1) is 11.6 Å². The SMILES string of the molecule is ClC1CCN(CCN2CCCC2)C1. The molecule has 2 heterocycles. The van der Waals surface area contributed by atoms with E-state index in [1.807, 2.05) is 0 Å². The smallest absolute Gasteiger partial charge is 0.0475 e. The topological polar surface area (TPSA) is 6.48 Å². The zero-order chi connectivity index (χ0) is 9.10. The zero-order valence-electron chi connectivity index (χ0n) is 8.21. The molecular weight excluding hydrogens is 184 g/mol. The van der Waals surface area contributed by atoms with Crippen molar-refractivity contribution in [2.75, 3.05) is 39.3 Å². The van der Waals surface area contributed by atoms with Crippen LogP contribution in [0.3, 0.4) is 0 Å². The van der Waals surface area contributed by atoms with Crippen LogP contribution in [0.25, 0.3) is 0 Å². The van der Waals surface area contributed by atoms with Crippen LogP contribution < -0.4 is 0 Å². The summed E-state index contributed by atoms with van der Waals surface area (Å²) in [6.07, 6.45) is 3.98. The molecule has 2 aliphatic heterocycles. The number of rotatable bonds is 3. The molecule has 0 aliphatic carbocycles. The number of alkyl halides is 1. The van der Waals surface area contributed by atoms with Crippen molar-refractivity contribution in [3.8, 4) is 0 Å². The molecule has 2 saturated heterocycles. The second-order valence-corrected chi connectivity index (χ2v) is 4.85. The third kappa shape index (κ3) is 2.83. The molecule has 0 saturated carbocycles. The van der Waals surface area contributed by atoms with Gasteiger partial charge < -0.3 is 9.80 Å². The molecule has 0 N–H and O–H groups in total. The predicted molar refractivity (Wildman–Crippen MR) is 56.4 cm³/mol. The Morgan fingerprint density at radius 3 is 2.31 bits per heavy atom. The van der Waals surface area contributed by atoms with E-state index in [4.69, 9.17) is 11.6 Å². The highest BCUT2D eigenvalue weighted by Crippen LogP contribution is 2.14. The Bertz CT molecular complexity index is 157. The zero-order valence-corrected chi connectivity index (χ0v) is 8.97. The van der Waals surface area contributed by atoms with Crippen LogP contribution in [0, 0.1) is 0 Å². The fourth-order valence-electron chi connectivity index (χ4n) is 2.28. The van der Waals surface area contributed by atoms with Gasteiger partial charge >= 0.3 is 0 Å². The van der Waals surface area contributed by atoms with E-state index in [2.05, 4.69) is 9.80 Å². The lowest BCUT2D eigenvalue weighted by Crippen LogP contribution is -2.32. The third-order valence-electron chi connectivity index (χ3n) is 3.15. The van der Waals surface area contributed by atoms with E-state index in [1.54, 1.807) is 0 Å². The first kappa shape index (κ1) is 9.75. The van der Waals surface area contributed by atoms with E-state index < -0.39 is 0 Å². The Kier molecular flexibility index (Phi) is 3.47. The molecule has 0 radical (unpaired) electrons. The molecule has 0 aromatic heterocycles. The summed E-state index contributed by atoms with van der Waals surface area (Å²) in [5, 5.41) is 0.415. The van der Waals surface area contributed by atoms with Crippen LogP contribution in [0.4, 0.5) is 0 Å². The molecule has 2 fully saturated rings. The Labute approximate surface area is 85.8 Å². The van der Waals surface area contributed by atoms with E-state index in [0.717, 1.165) is 6.54 Å². The van der Waals surface area contributed by atoms with E-state index in [0.29, 0.717) is 5.38 Å². The van der Waals surface area contributed by atoms with Gasteiger partial charge in [-0.05, 0) is 38.9 Å². The van der Waals surface area contributed by atoms with Crippen LogP contribution in [0.2, 0.25) is 0 Å². The predicted octanol–water partition coefficient (Wildman–Crippen LogP) is 1.40. The van der Waals surface area contributed by atoms with Crippen molar-refractivity contribution in [2.24, 2.45) is 0 Å². The summed E-state index contributed by atoms with van der Waals surface area (Å²) in [6, 6.07) is 0. The molecule has 0 aromatic carbocycles. The lowest BCUT2D eigenvalue weighted by Gasteiger charge is -2.20. The Balaban J connectivity index is 1.62. The molecule has 2 aliphatic rings. The second kappa shape index (κ2) is 4.63. The Hall–Kier alpha value is 0.210. The van der Waals surface area contributed by atoms with Crippen LogP contribution in [0.15, 0.2) is 0 Å². The normalized spacial score (nSPS) is 31.6. The van der Waals surface area contributed by atoms with E-state index in [-0.39, 0.29) is 0 Å². The highest BCUT2D eigenvalue weighted by molar-refractivity contribution is 6.20. The van der Waals surface area contributed by atoms with Gasteiger partial charge in [0.05, 0.1) is 0 Å². The average Bonchev–Trinajstić information content (AvgIpc) is 2.71. The van der Waals surface area contributed by atoms with Crippen LogP contribution >= 0.6 is 11.6 Å². The maximum absolute atomic E-state index is 6.05. The Morgan fingerprint density at radius 2 is 1.69 bits per heavy atom. The highest BCUT2D eigenvalue weighted by atomic mass is 35.5. The minimum absolute atomic E-state index is 0.415. The van der Waals surface area contributed by atoms with Crippen molar-refractivity contribution in [2.45, 2.75) is 24.6 Å². The first-order valence-electron chi connectivity index (χ1n) is 5.43. The van der Waals surface area contributed by atoms with Crippen LogP contribution in [0.5, 0.6) is 0 Å². The van der Waals surface area contributed by atoms with E-state index in [1.165, 1.54) is 52.0 Å². The largest absolute Gasteiger partial charge is 0.302 e. The van der Waals surface area contributed by atoms with Crippen LogP contribution in [-0.4, -0.2) is 54.4 Å². The third-order valence-corrected chi connectivity index (χ3v) is 3.50. The van der Waals surface area contributed by atoms with Crippen molar-refractivity contribution in [1.29, 1.82) is 0 Å². The van der Waals surface area contributed by atoms with Crippen LogP contribution in [-0.2, 0) is 0 Å². The van der Waals surface area contributed by atoms with E-state index >= 15 is 0 Å². The molecule has 76 valence electrons. The molecule has 0 bridgehead atoms. The summed E-state index contributed by atoms with van der Waals surface area (Å²) in [5.74, 6) is 0. The number of halogens is 1. The lowest BCUT2D eigenvalue weighted by molar-refractivity contribution is 0.258. The first-order chi connectivity index (χ1) is 6.34. The monoisotopic (exact) mass is 202 g/mol. The molecule has 3 heteroatoms. The van der Waals surface area contributed by atoms with Gasteiger partial charge in [-0.1, -0.05) is 0 Å². The quantitative estimate of drug-likeness (QED) is 0.639. The van der Waals surface area contributed by atoms with Gasteiger partial charge in [0.2, 0.25) is 0 Å². The van der Waals surface area contributed by atoms with Gasteiger partial charge in [-0.3, -0.25) is 0 Å². The standard InChI is InChI=1S/C10H19ClN2/c11-10-3-6-13(9-10)8-7-12-4-1-2-5-12/h10H,1-9H2. The van der Waals surface area contributed by atoms with Gasteiger partial charge in [0.1, 0.15) is 0 Å². The molecule has 1 unspecified atom stereocenters. The summed E-state index contributed by atoms with van der Waals surface area (Å²) in [7, 11) is 0. The van der Waals surface area contributed by atoms with Crippen molar-refractivity contribution in [3.63, 3.8) is 0 Å². The average molecular weight is 203 g/mol. The molecule has 2 rings (SSSR count). The van der Waals surface area contributed by atoms with E-state index in [9.17, 15) is 0 Å². The van der Waals surface area contributed by atoms with Crippen molar-refractivity contribution in [3.05, 3.63) is 0 Å². The summed E-state index contributed by atoms with van der Waals surface area (Å²) in [5.41, 5.74) is 0. The molecule has 0 spiro atoms. The van der Waals surface area contributed by atoms with Crippen molar-refractivity contribution in [1.82, 2.24) is 9.80 Å². The summed E-state index contributed by atoms with van der Waals surface area (Å²) < 4.78 is 0. The molecule has 0 amide bonds. The summed E-state index contributed by atoms with van der Waals surface area (Å²) >= 11 is 6.05. The van der Waals surface area contributed by atoms with Gasteiger partial charge in [0.25, 0.3) is 0 Å². The second-order valence-electron chi connectivity index (χ2n) is 4.24. The van der Waals surface area contributed by atoms with Gasteiger partial charge in [0, 0.05) is 25.0 Å². The molecule has 0 aromatic rings. The fraction of sp³-hybridized carbons (Fsp3) is 1.00. The van der Waals surface area contributed by atoms with Crippen molar-refractivity contribution < 1.29 is 0 Å². The number of nitrogens with zero attached hydrogens (tertiary/aromatic N) is 2. The van der Waals surface area contributed by atoms with Crippen LogP contribution in [0.1, 0.15) is 19.3 Å². The van der Waals surface area contributed by atoms with Gasteiger partial charge in [0.15, 0.2) is 0 Å². The minimum atomic E-state index is 0.415. The molecule has 2 nitrogen and oxygen atoms in total. The maximum atomic E-state index is 6.05. The highest BCUT2D eigenvalue weighted by Gasteiger charge is 2.20. The number of hydrogen-bond donors (Lipinski definition) is 0. The summed E-state index contributed by atoms with van der Waals surface area (Å²) in [4.78, 5) is 5.07. The lowest BCUT2D eigenvalue weighted by atomic mass is 10.4. The molecule has 13 heavy (non-hydrogen) atoms. The maximum Gasteiger partial charge on any atom is 0.0475 e. The molecule has 1 atom stereocenters. The number of likely N-dealkylation sites (tertiary alicyclic amines) is 2. The first-order valence-corrected chi connectivity index (χ1v) is 5.87. The van der Waals surface area contributed by atoms with Crippen molar-refractivity contribution >= 4 is 11.6 Å². The summed E-state index contributed by atoms with van der Waals surface area (Å²) in [6.45, 7) is 7.43. The van der Waals surface area contributed by atoms with Gasteiger partial charge in [-0.2, -0.15) is 0 Å². The minimum Gasteiger partial charge on any atom is -0.302 e. The fourth-order valence-corrected chi connectivity index (χ4v) is 2.57. The Morgan fingerprint density at radius 1 is 1.00 bits per heavy atom. The molecular formula is C10H19ClN2.